The van der Waals surface area contributed by atoms with Crippen LogP contribution >= 0.6 is 0 Å². The van der Waals surface area contributed by atoms with E-state index in [1.54, 1.807) is 10.8 Å². The summed E-state index contributed by atoms with van der Waals surface area (Å²) < 4.78 is 7.01. The van der Waals surface area contributed by atoms with Gasteiger partial charge in [-0.25, -0.2) is 0 Å². The van der Waals surface area contributed by atoms with E-state index in [9.17, 15) is 0 Å². The maximum atomic E-state index is 5.32. The Hall–Kier alpha value is -2.55. The molecule has 0 bridgehead atoms. The van der Waals surface area contributed by atoms with Gasteiger partial charge in [-0.1, -0.05) is 19.0 Å². The lowest BCUT2D eigenvalue weighted by molar-refractivity contribution is 0.174. The number of nitrogens with zero attached hydrogens (tertiary/aromatic N) is 8. The van der Waals surface area contributed by atoms with E-state index in [1.807, 2.05) is 12.1 Å². The summed E-state index contributed by atoms with van der Waals surface area (Å²) in [4.78, 5) is 8.90. The molecule has 4 heterocycles. The molecule has 9 nitrogen and oxygen atoms in total. The van der Waals surface area contributed by atoms with Gasteiger partial charge in [-0.15, -0.1) is 15.3 Å². The molecule has 1 fully saturated rings. The molecule has 0 atom stereocenters. The minimum atomic E-state index is 0.283. The van der Waals surface area contributed by atoms with Crippen LogP contribution in [0.3, 0.4) is 0 Å². The molecule has 0 aliphatic carbocycles. The predicted octanol–water partition coefficient (Wildman–Crippen LogP) is 0.951. The maximum absolute atomic E-state index is 5.32. The largest absolute Gasteiger partial charge is 0.352 e. The highest BCUT2D eigenvalue weighted by Gasteiger charge is 2.32. The van der Waals surface area contributed by atoms with Gasteiger partial charge in [-0.3, -0.25) is 4.90 Å². The Bertz CT molecular complexity index is 835. The quantitative estimate of drug-likeness (QED) is 0.684. The lowest BCUT2D eigenvalue weighted by atomic mass is 10.1. The second kappa shape index (κ2) is 5.82. The van der Waals surface area contributed by atoms with Crippen LogP contribution in [-0.2, 0) is 6.54 Å². The monoisotopic (exact) mass is 328 g/mol. The predicted molar refractivity (Wildman–Crippen MR) is 86.6 cm³/mol. The Labute approximate surface area is 139 Å². The van der Waals surface area contributed by atoms with Gasteiger partial charge in [0.05, 0.1) is 6.54 Å². The molecule has 0 saturated carbocycles. The van der Waals surface area contributed by atoms with E-state index in [-0.39, 0.29) is 5.92 Å². The topological polar surface area (TPSA) is 88.5 Å². The number of fused-ring (bicyclic) bond motifs is 1. The molecule has 0 amide bonds. The zero-order valence-corrected chi connectivity index (χ0v) is 14.0. The molecule has 126 valence electrons. The molecule has 1 aliphatic heterocycles. The number of rotatable bonds is 5. The van der Waals surface area contributed by atoms with E-state index in [4.69, 9.17) is 4.52 Å². The van der Waals surface area contributed by atoms with E-state index in [2.05, 4.69) is 56.1 Å². The first-order valence-corrected chi connectivity index (χ1v) is 8.05. The van der Waals surface area contributed by atoms with Gasteiger partial charge in [-0.05, 0) is 19.2 Å². The summed E-state index contributed by atoms with van der Waals surface area (Å²) in [6, 6.07) is 4.35. The SMILES string of the molecule is CC(C)c1noc(CN(C)C2CN(c3ccc4nncn4n3)C2)n1. The van der Waals surface area contributed by atoms with Crippen molar-refractivity contribution in [2.24, 2.45) is 0 Å². The molecule has 0 spiro atoms. The normalized spacial score (nSPS) is 15.6. The first-order chi connectivity index (χ1) is 11.6. The number of aromatic nitrogens is 6. The molecule has 3 aromatic heterocycles. The second-order valence-electron chi connectivity index (χ2n) is 6.50. The van der Waals surface area contributed by atoms with Gasteiger partial charge in [0, 0.05) is 25.0 Å². The molecule has 1 saturated heterocycles. The smallest absolute Gasteiger partial charge is 0.240 e. The molecule has 24 heavy (non-hydrogen) atoms. The molecule has 9 heteroatoms. The van der Waals surface area contributed by atoms with Crippen molar-refractivity contribution in [2.45, 2.75) is 32.4 Å². The number of hydrogen-bond acceptors (Lipinski definition) is 8. The van der Waals surface area contributed by atoms with Crippen molar-refractivity contribution in [1.82, 2.24) is 34.9 Å². The lowest BCUT2D eigenvalue weighted by Crippen LogP contribution is -2.58. The van der Waals surface area contributed by atoms with Gasteiger partial charge in [0.2, 0.25) is 5.89 Å². The van der Waals surface area contributed by atoms with Gasteiger partial charge in [0.25, 0.3) is 0 Å². The zero-order valence-electron chi connectivity index (χ0n) is 14.0. The van der Waals surface area contributed by atoms with Crippen molar-refractivity contribution in [3.63, 3.8) is 0 Å². The average Bonchev–Trinajstić information content (AvgIpc) is 3.13. The summed E-state index contributed by atoms with van der Waals surface area (Å²) in [5, 5.41) is 16.3. The summed E-state index contributed by atoms with van der Waals surface area (Å²) in [6.45, 7) is 6.62. The van der Waals surface area contributed by atoms with Crippen molar-refractivity contribution in [2.75, 3.05) is 25.0 Å². The van der Waals surface area contributed by atoms with Gasteiger partial charge in [-0.2, -0.15) is 9.50 Å². The van der Waals surface area contributed by atoms with E-state index in [0.717, 1.165) is 30.4 Å². The zero-order chi connectivity index (χ0) is 16.7. The van der Waals surface area contributed by atoms with E-state index in [0.29, 0.717) is 18.5 Å². The second-order valence-corrected chi connectivity index (χ2v) is 6.50. The van der Waals surface area contributed by atoms with Crippen LogP contribution in [0.25, 0.3) is 5.65 Å². The van der Waals surface area contributed by atoms with Crippen LogP contribution < -0.4 is 4.90 Å². The highest BCUT2D eigenvalue weighted by molar-refractivity contribution is 5.47. The van der Waals surface area contributed by atoms with Crippen LogP contribution in [0.4, 0.5) is 5.82 Å². The van der Waals surface area contributed by atoms with E-state index in [1.165, 1.54) is 0 Å². The Morgan fingerprint density at radius 2 is 2.17 bits per heavy atom. The van der Waals surface area contributed by atoms with Crippen LogP contribution in [0.5, 0.6) is 0 Å². The van der Waals surface area contributed by atoms with Crippen LogP contribution in [-0.4, -0.2) is 61.0 Å². The maximum Gasteiger partial charge on any atom is 0.240 e. The first kappa shape index (κ1) is 15.0. The number of anilines is 1. The van der Waals surface area contributed by atoms with Crippen molar-refractivity contribution in [1.29, 1.82) is 0 Å². The molecule has 0 unspecified atom stereocenters. The van der Waals surface area contributed by atoms with Crippen LogP contribution in [0.1, 0.15) is 31.5 Å². The first-order valence-electron chi connectivity index (χ1n) is 8.05. The van der Waals surface area contributed by atoms with Crippen molar-refractivity contribution >= 4 is 11.5 Å². The molecule has 0 N–H and O–H groups in total. The van der Waals surface area contributed by atoms with Crippen molar-refractivity contribution < 1.29 is 4.52 Å². The van der Waals surface area contributed by atoms with Crippen LogP contribution in [0, 0.1) is 0 Å². The van der Waals surface area contributed by atoms with E-state index < -0.39 is 0 Å². The van der Waals surface area contributed by atoms with Crippen LogP contribution in [0.15, 0.2) is 23.0 Å². The molecular weight excluding hydrogens is 308 g/mol. The Balaban J connectivity index is 1.35. The third kappa shape index (κ3) is 2.71. The number of likely N-dealkylation sites (N-methyl/N-ethyl adjacent to an activating group) is 1. The van der Waals surface area contributed by atoms with Crippen molar-refractivity contribution in [3.05, 3.63) is 30.2 Å². The molecule has 3 aromatic rings. The van der Waals surface area contributed by atoms with Gasteiger partial charge in [0.15, 0.2) is 11.5 Å². The Kier molecular flexibility index (Phi) is 3.64. The summed E-state index contributed by atoms with van der Waals surface area (Å²) in [6.07, 6.45) is 1.62. The number of hydrogen-bond donors (Lipinski definition) is 0. The highest BCUT2D eigenvalue weighted by atomic mass is 16.5. The highest BCUT2D eigenvalue weighted by Crippen LogP contribution is 2.22. The summed E-state index contributed by atoms with van der Waals surface area (Å²) in [5.41, 5.74) is 0.755. The van der Waals surface area contributed by atoms with Gasteiger partial charge >= 0.3 is 0 Å². The van der Waals surface area contributed by atoms with Crippen molar-refractivity contribution in [3.8, 4) is 0 Å². The van der Waals surface area contributed by atoms with Gasteiger partial charge < -0.3 is 9.42 Å². The third-order valence-electron chi connectivity index (χ3n) is 4.34. The Morgan fingerprint density at radius 1 is 1.33 bits per heavy atom. The Morgan fingerprint density at radius 3 is 2.92 bits per heavy atom. The summed E-state index contributed by atoms with van der Waals surface area (Å²) >= 11 is 0. The van der Waals surface area contributed by atoms with Gasteiger partial charge in [0.1, 0.15) is 12.1 Å². The standard InChI is InChI=1S/C15H20N8O/c1-10(2)15-17-14(24-20-15)8-21(3)11-6-22(7-11)13-5-4-12-18-16-9-23(12)19-13/h4-5,9-11H,6-8H2,1-3H3. The minimum Gasteiger partial charge on any atom is -0.352 e. The molecule has 1 aliphatic rings. The fraction of sp³-hybridized carbons (Fsp3) is 0.533. The molecular formula is C15H20N8O. The fourth-order valence-corrected chi connectivity index (χ4v) is 2.72. The fourth-order valence-electron chi connectivity index (χ4n) is 2.72. The molecule has 0 radical (unpaired) electrons. The average molecular weight is 328 g/mol. The lowest BCUT2D eigenvalue weighted by Gasteiger charge is -2.44. The van der Waals surface area contributed by atoms with E-state index >= 15 is 0 Å². The van der Waals surface area contributed by atoms with Crippen LogP contribution in [0.2, 0.25) is 0 Å². The molecule has 4 rings (SSSR count). The molecule has 0 aromatic carbocycles. The minimum absolute atomic E-state index is 0.283. The third-order valence-corrected chi connectivity index (χ3v) is 4.34. The summed E-state index contributed by atoms with van der Waals surface area (Å²) in [5.74, 6) is 2.65. The summed E-state index contributed by atoms with van der Waals surface area (Å²) in [7, 11) is 2.08.